The number of rotatable bonds is 3. The van der Waals surface area contributed by atoms with Crippen molar-refractivity contribution in [1.29, 1.82) is 5.26 Å². The van der Waals surface area contributed by atoms with Crippen LogP contribution in [0.5, 0.6) is 0 Å². The van der Waals surface area contributed by atoms with Gasteiger partial charge >= 0.3 is 0 Å². The molecule has 0 aliphatic heterocycles. The Morgan fingerprint density at radius 3 is 2.76 bits per heavy atom. The van der Waals surface area contributed by atoms with Gasteiger partial charge in [-0.05, 0) is 29.5 Å². The van der Waals surface area contributed by atoms with Gasteiger partial charge in [0.2, 0.25) is 5.91 Å². The number of benzene rings is 1. The second-order valence-electron chi connectivity index (χ2n) is 6.24. The molecule has 4 heteroatoms. The van der Waals surface area contributed by atoms with Crippen molar-refractivity contribution in [2.75, 3.05) is 0 Å². The fraction of sp³-hybridized carbons (Fsp3) is 0.353. The molecule has 0 bridgehead atoms. The molecule has 0 amide bonds. The van der Waals surface area contributed by atoms with Gasteiger partial charge in [-0.1, -0.05) is 32.9 Å². The van der Waals surface area contributed by atoms with Crippen LogP contribution in [-0.4, -0.2) is 15.5 Å². The number of nitrogens with zero attached hydrogens (tertiary/aromatic N) is 3. The number of hydrogen-bond donors (Lipinski definition) is 0. The molecule has 1 atom stereocenters. The predicted octanol–water partition coefficient (Wildman–Crippen LogP) is 3.30. The van der Waals surface area contributed by atoms with Crippen molar-refractivity contribution in [2.45, 2.75) is 27.2 Å². The van der Waals surface area contributed by atoms with Crippen LogP contribution < -0.4 is 0 Å². The molecule has 0 fully saturated rings. The molecule has 0 N–H and O–H groups in total. The molecule has 2 aromatic rings. The van der Waals surface area contributed by atoms with Gasteiger partial charge in [0.25, 0.3) is 0 Å². The van der Waals surface area contributed by atoms with E-state index in [0.717, 1.165) is 5.56 Å². The molecule has 1 heterocycles. The summed E-state index contributed by atoms with van der Waals surface area (Å²) in [6, 6.07) is 9.57. The van der Waals surface area contributed by atoms with Crippen molar-refractivity contribution in [3.8, 4) is 6.07 Å². The first kappa shape index (κ1) is 15.0. The number of hydrogen-bond acceptors (Lipinski definition) is 3. The number of carbonyl (C=O) groups excluding carboxylic acids is 1. The van der Waals surface area contributed by atoms with E-state index < -0.39 is 0 Å². The molecule has 0 aliphatic rings. The highest BCUT2D eigenvalue weighted by Gasteiger charge is 2.32. The molecule has 108 valence electrons. The van der Waals surface area contributed by atoms with Crippen LogP contribution in [0, 0.1) is 22.7 Å². The molecule has 0 saturated carbocycles. The first-order valence-electron chi connectivity index (χ1n) is 6.93. The molecule has 0 radical (unpaired) electrons. The monoisotopic (exact) mass is 281 g/mol. The van der Waals surface area contributed by atoms with E-state index in [1.54, 1.807) is 18.5 Å². The summed E-state index contributed by atoms with van der Waals surface area (Å²) in [5.41, 5.74) is 1.45. The molecule has 0 saturated heterocycles. The third-order valence-electron chi connectivity index (χ3n) is 3.60. The SMILES string of the molecule is CC(C)(C)C(Cc1cccc(C#N)c1)C(=O)n1ccnc1. The van der Waals surface area contributed by atoms with Gasteiger partial charge in [-0.3, -0.25) is 9.36 Å². The summed E-state index contributed by atoms with van der Waals surface area (Å²) < 4.78 is 1.53. The van der Waals surface area contributed by atoms with E-state index in [1.807, 2.05) is 18.2 Å². The number of aromatic nitrogens is 2. The van der Waals surface area contributed by atoms with Crippen LogP contribution in [0.4, 0.5) is 0 Å². The lowest BCUT2D eigenvalue weighted by molar-refractivity contribution is 0.0724. The Hall–Kier alpha value is -2.41. The van der Waals surface area contributed by atoms with Gasteiger partial charge in [0.15, 0.2) is 0 Å². The molecule has 0 aliphatic carbocycles. The van der Waals surface area contributed by atoms with Crippen LogP contribution in [0.15, 0.2) is 43.0 Å². The zero-order chi connectivity index (χ0) is 15.5. The quantitative estimate of drug-likeness (QED) is 0.867. The third-order valence-corrected chi connectivity index (χ3v) is 3.60. The summed E-state index contributed by atoms with van der Waals surface area (Å²) in [6.45, 7) is 6.17. The topological polar surface area (TPSA) is 58.7 Å². The Balaban J connectivity index is 2.29. The lowest BCUT2D eigenvalue weighted by Gasteiger charge is -2.29. The molecular formula is C17H19N3O. The standard InChI is InChI=1S/C17H19N3O/c1-17(2,3)15(16(21)20-8-7-19-12-20)10-13-5-4-6-14(9-13)11-18/h4-9,12,15H,10H2,1-3H3. The van der Waals surface area contributed by atoms with Gasteiger partial charge < -0.3 is 0 Å². The zero-order valence-corrected chi connectivity index (χ0v) is 12.6. The lowest BCUT2D eigenvalue weighted by Crippen LogP contribution is -2.33. The van der Waals surface area contributed by atoms with Crippen molar-refractivity contribution in [3.63, 3.8) is 0 Å². The average Bonchev–Trinajstić information content (AvgIpc) is 2.97. The maximum absolute atomic E-state index is 12.7. The van der Waals surface area contributed by atoms with Crippen LogP contribution in [0.25, 0.3) is 0 Å². The summed E-state index contributed by atoms with van der Waals surface area (Å²) >= 11 is 0. The third kappa shape index (κ3) is 3.57. The maximum Gasteiger partial charge on any atom is 0.235 e. The number of carbonyl (C=O) groups is 1. The highest BCUT2D eigenvalue weighted by Crippen LogP contribution is 2.30. The van der Waals surface area contributed by atoms with Gasteiger partial charge in [-0.15, -0.1) is 0 Å². The molecule has 1 aromatic heterocycles. The summed E-state index contributed by atoms with van der Waals surface area (Å²) in [5.74, 6) is -0.150. The molecule has 2 rings (SSSR count). The van der Waals surface area contributed by atoms with Gasteiger partial charge in [0.1, 0.15) is 6.33 Å². The van der Waals surface area contributed by atoms with E-state index >= 15 is 0 Å². The van der Waals surface area contributed by atoms with Crippen LogP contribution in [0.3, 0.4) is 0 Å². The van der Waals surface area contributed by atoms with E-state index in [2.05, 4.69) is 31.8 Å². The predicted molar refractivity (Wildman–Crippen MR) is 80.7 cm³/mol. The summed E-state index contributed by atoms with van der Waals surface area (Å²) in [4.78, 5) is 16.6. The Bertz CT molecular complexity index is 660. The van der Waals surface area contributed by atoms with Crippen molar-refractivity contribution < 1.29 is 4.79 Å². The van der Waals surface area contributed by atoms with Gasteiger partial charge in [-0.25, -0.2) is 4.98 Å². The van der Waals surface area contributed by atoms with Gasteiger partial charge in [0.05, 0.1) is 11.6 Å². The zero-order valence-electron chi connectivity index (χ0n) is 12.6. The van der Waals surface area contributed by atoms with Crippen molar-refractivity contribution in [2.24, 2.45) is 11.3 Å². The number of imidazole rings is 1. The normalized spacial score (nSPS) is 12.7. The molecule has 4 nitrogen and oxygen atoms in total. The highest BCUT2D eigenvalue weighted by molar-refractivity contribution is 5.82. The van der Waals surface area contributed by atoms with Gasteiger partial charge in [-0.2, -0.15) is 5.26 Å². The Morgan fingerprint density at radius 2 is 2.19 bits per heavy atom. The minimum Gasteiger partial charge on any atom is -0.276 e. The van der Waals surface area contributed by atoms with Crippen molar-refractivity contribution >= 4 is 5.91 Å². The van der Waals surface area contributed by atoms with E-state index in [4.69, 9.17) is 5.26 Å². The van der Waals surface area contributed by atoms with E-state index in [9.17, 15) is 4.79 Å². The lowest BCUT2D eigenvalue weighted by atomic mass is 9.76. The van der Waals surface area contributed by atoms with Crippen molar-refractivity contribution in [3.05, 3.63) is 54.1 Å². The summed E-state index contributed by atoms with van der Waals surface area (Å²) in [7, 11) is 0. The highest BCUT2D eigenvalue weighted by atomic mass is 16.2. The smallest absolute Gasteiger partial charge is 0.235 e. The summed E-state index contributed by atoms with van der Waals surface area (Å²) in [5, 5.41) is 8.99. The minimum atomic E-state index is -0.180. The summed E-state index contributed by atoms with van der Waals surface area (Å²) in [6.07, 6.45) is 5.42. The Labute approximate surface area is 125 Å². The Morgan fingerprint density at radius 1 is 1.43 bits per heavy atom. The van der Waals surface area contributed by atoms with Gasteiger partial charge in [0, 0.05) is 18.3 Å². The van der Waals surface area contributed by atoms with Crippen LogP contribution >= 0.6 is 0 Å². The fourth-order valence-corrected chi connectivity index (χ4v) is 2.34. The molecular weight excluding hydrogens is 262 g/mol. The molecule has 1 unspecified atom stereocenters. The first-order chi connectivity index (χ1) is 9.91. The van der Waals surface area contributed by atoms with E-state index in [1.165, 1.54) is 10.9 Å². The van der Waals surface area contributed by atoms with E-state index in [0.29, 0.717) is 12.0 Å². The largest absolute Gasteiger partial charge is 0.276 e. The first-order valence-corrected chi connectivity index (χ1v) is 6.93. The molecule has 21 heavy (non-hydrogen) atoms. The molecule has 1 aromatic carbocycles. The average molecular weight is 281 g/mol. The second kappa shape index (κ2) is 5.92. The maximum atomic E-state index is 12.7. The van der Waals surface area contributed by atoms with Crippen LogP contribution in [-0.2, 0) is 6.42 Å². The number of nitriles is 1. The molecule has 0 spiro atoms. The fourth-order valence-electron chi connectivity index (χ4n) is 2.34. The van der Waals surface area contributed by atoms with Crippen molar-refractivity contribution in [1.82, 2.24) is 9.55 Å². The minimum absolute atomic E-state index is 0.0300. The van der Waals surface area contributed by atoms with E-state index in [-0.39, 0.29) is 17.2 Å². The second-order valence-corrected chi connectivity index (χ2v) is 6.24. The Kier molecular flexibility index (Phi) is 4.23. The van der Waals surface area contributed by atoms with Crippen LogP contribution in [0.1, 0.15) is 36.7 Å². The van der Waals surface area contributed by atoms with Crippen LogP contribution in [0.2, 0.25) is 0 Å².